The lowest BCUT2D eigenvalue weighted by molar-refractivity contribution is 0.228. The Balaban J connectivity index is 2.88. The maximum atomic E-state index is 11.1. The van der Waals surface area contributed by atoms with Crippen molar-refractivity contribution < 1.29 is 29.9 Å². The van der Waals surface area contributed by atoms with E-state index in [0.717, 1.165) is 12.5 Å². The summed E-state index contributed by atoms with van der Waals surface area (Å²) in [5.41, 5.74) is 0.683. The molecule has 0 atom stereocenters. The number of benzene rings is 1. The van der Waals surface area contributed by atoms with E-state index in [4.69, 9.17) is 13.1 Å². The van der Waals surface area contributed by atoms with Crippen LogP contribution in [0.15, 0.2) is 24.3 Å². The number of rotatable bonds is 8. The van der Waals surface area contributed by atoms with Crippen LogP contribution in [0.4, 0.5) is 0 Å². The van der Waals surface area contributed by atoms with E-state index in [2.05, 4.69) is 0 Å². The maximum absolute atomic E-state index is 11.1. The summed E-state index contributed by atoms with van der Waals surface area (Å²) in [6, 6.07) is 6.76. The van der Waals surface area contributed by atoms with Crippen LogP contribution in [0.2, 0.25) is 0 Å². The molecule has 120 valence electrons. The van der Waals surface area contributed by atoms with Gasteiger partial charge in [-0.1, -0.05) is 12.1 Å². The van der Waals surface area contributed by atoms with E-state index < -0.39 is 26.2 Å². The maximum Gasteiger partial charge on any atom is 0.264 e. The molecule has 21 heavy (non-hydrogen) atoms. The lowest BCUT2D eigenvalue weighted by Crippen LogP contribution is -2.19. The summed E-state index contributed by atoms with van der Waals surface area (Å²) in [5, 5.41) is 0. The highest BCUT2D eigenvalue weighted by molar-refractivity contribution is 7.86. The fraction of sp³-hybridized carbons (Fsp3) is 0.500. The molecule has 7 nitrogen and oxygen atoms in total. The van der Waals surface area contributed by atoms with Crippen molar-refractivity contribution in [1.29, 1.82) is 0 Å². The molecule has 0 spiro atoms. The Bertz CT molecular complexity index is 611. The number of methoxy groups -OCH3 is 1. The highest BCUT2D eigenvalue weighted by Gasteiger charge is 2.18. The summed E-state index contributed by atoms with van der Waals surface area (Å²) >= 11 is 0. The molecule has 0 aliphatic rings. The van der Waals surface area contributed by atoms with Gasteiger partial charge >= 0.3 is 0 Å². The molecule has 0 fully saturated rings. The van der Waals surface area contributed by atoms with E-state index >= 15 is 0 Å². The molecular formula is C12H18O7S2. The van der Waals surface area contributed by atoms with Crippen LogP contribution in [0.3, 0.4) is 0 Å². The molecule has 0 aliphatic heterocycles. The Morgan fingerprint density at radius 3 is 1.67 bits per heavy atom. The standard InChI is InChI=1S/C12H18O7S2/c1-17-12-6-4-10(5-7-12)11(8-18-20(2,13)14)9-19-21(3,15)16/h4-7,11H,8-9H2,1-3H3. The van der Waals surface area contributed by atoms with E-state index in [1.54, 1.807) is 24.3 Å². The molecule has 0 radical (unpaired) electrons. The smallest absolute Gasteiger partial charge is 0.264 e. The van der Waals surface area contributed by atoms with Crippen molar-refractivity contribution in [1.82, 2.24) is 0 Å². The minimum Gasteiger partial charge on any atom is -0.497 e. The van der Waals surface area contributed by atoms with Gasteiger partial charge in [0, 0.05) is 5.92 Å². The predicted molar refractivity (Wildman–Crippen MR) is 77.3 cm³/mol. The third kappa shape index (κ3) is 7.42. The first-order valence-electron chi connectivity index (χ1n) is 5.93. The van der Waals surface area contributed by atoms with E-state index in [1.165, 1.54) is 7.11 Å². The van der Waals surface area contributed by atoms with Gasteiger partial charge in [0.1, 0.15) is 5.75 Å². The largest absolute Gasteiger partial charge is 0.497 e. The monoisotopic (exact) mass is 338 g/mol. The SMILES string of the molecule is COc1ccc(C(COS(C)(=O)=O)COS(C)(=O)=O)cc1. The van der Waals surface area contributed by atoms with Crippen LogP contribution in [0.1, 0.15) is 11.5 Å². The van der Waals surface area contributed by atoms with Gasteiger partial charge in [0.15, 0.2) is 0 Å². The Kier molecular flexibility index (Phi) is 6.14. The normalized spacial score (nSPS) is 12.6. The van der Waals surface area contributed by atoms with Gasteiger partial charge in [-0.2, -0.15) is 16.8 Å². The second kappa shape index (κ2) is 7.21. The highest BCUT2D eigenvalue weighted by atomic mass is 32.2. The van der Waals surface area contributed by atoms with Crippen LogP contribution in [-0.2, 0) is 28.6 Å². The molecule has 1 aromatic rings. The third-order valence-electron chi connectivity index (χ3n) is 2.55. The molecule has 0 unspecified atom stereocenters. The van der Waals surface area contributed by atoms with Gasteiger partial charge in [-0.15, -0.1) is 0 Å². The minimum atomic E-state index is -3.62. The molecule has 0 aromatic heterocycles. The van der Waals surface area contributed by atoms with Crippen molar-refractivity contribution in [3.8, 4) is 5.75 Å². The van der Waals surface area contributed by atoms with Crippen molar-refractivity contribution in [3.63, 3.8) is 0 Å². The first-order valence-corrected chi connectivity index (χ1v) is 9.57. The molecule has 0 bridgehead atoms. The Morgan fingerprint density at radius 1 is 0.905 bits per heavy atom. The quantitative estimate of drug-likeness (QED) is 0.645. The van der Waals surface area contributed by atoms with E-state index in [1.807, 2.05) is 0 Å². The topological polar surface area (TPSA) is 96.0 Å². The van der Waals surface area contributed by atoms with E-state index in [0.29, 0.717) is 11.3 Å². The number of hydrogen-bond donors (Lipinski definition) is 0. The van der Waals surface area contributed by atoms with Crippen molar-refractivity contribution >= 4 is 20.2 Å². The molecular weight excluding hydrogens is 320 g/mol. The fourth-order valence-electron chi connectivity index (χ4n) is 1.53. The van der Waals surface area contributed by atoms with Crippen LogP contribution in [0.25, 0.3) is 0 Å². The Hall–Kier alpha value is -1.16. The van der Waals surface area contributed by atoms with Crippen LogP contribution >= 0.6 is 0 Å². The van der Waals surface area contributed by atoms with Crippen LogP contribution < -0.4 is 4.74 Å². The van der Waals surface area contributed by atoms with Crippen molar-refractivity contribution in [2.24, 2.45) is 0 Å². The second-order valence-electron chi connectivity index (χ2n) is 4.45. The van der Waals surface area contributed by atoms with Gasteiger partial charge in [-0.3, -0.25) is 8.37 Å². The molecule has 0 saturated carbocycles. The van der Waals surface area contributed by atoms with Crippen molar-refractivity contribution in [3.05, 3.63) is 29.8 Å². The summed E-state index contributed by atoms with van der Waals surface area (Å²) in [4.78, 5) is 0. The van der Waals surface area contributed by atoms with Crippen LogP contribution in [0, 0.1) is 0 Å². The fourth-order valence-corrected chi connectivity index (χ4v) is 2.35. The molecule has 9 heteroatoms. The van der Waals surface area contributed by atoms with Gasteiger partial charge in [-0.05, 0) is 17.7 Å². The predicted octanol–water partition coefficient (Wildman–Crippen LogP) is 0.731. The summed E-state index contributed by atoms with van der Waals surface area (Å²) in [7, 11) is -5.73. The van der Waals surface area contributed by atoms with E-state index in [9.17, 15) is 16.8 Å². The molecule has 0 heterocycles. The van der Waals surface area contributed by atoms with Crippen molar-refractivity contribution in [2.75, 3.05) is 32.8 Å². The molecule has 0 saturated heterocycles. The zero-order valence-corrected chi connectivity index (χ0v) is 13.6. The minimum absolute atomic E-state index is 0.208. The van der Waals surface area contributed by atoms with Gasteiger partial charge in [0.05, 0.1) is 32.8 Å². The summed E-state index contributed by atoms with van der Waals surface area (Å²) in [5.74, 6) is 0.0888. The average Bonchev–Trinajstić information content (AvgIpc) is 2.36. The first-order chi connectivity index (χ1) is 9.61. The molecule has 1 rings (SSSR count). The van der Waals surface area contributed by atoms with Crippen LogP contribution in [-0.4, -0.2) is 49.7 Å². The number of hydrogen-bond acceptors (Lipinski definition) is 7. The zero-order chi connectivity index (χ0) is 16.1. The zero-order valence-electron chi connectivity index (χ0n) is 12.0. The van der Waals surface area contributed by atoms with Crippen molar-refractivity contribution in [2.45, 2.75) is 5.92 Å². The van der Waals surface area contributed by atoms with E-state index in [-0.39, 0.29) is 13.2 Å². The third-order valence-corrected chi connectivity index (χ3v) is 3.68. The lowest BCUT2D eigenvalue weighted by Gasteiger charge is -2.16. The first kappa shape index (κ1) is 17.9. The molecule has 0 N–H and O–H groups in total. The van der Waals surface area contributed by atoms with Gasteiger partial charge in [0.2, 0.25) is 0 Å². The molecule has 1 aromatic carbocycles. The molecule has 0 amide bonds. The summed E-state index contributed by atoms with van der Waals surface area (Å²) in [6.45, 7) is -0.415. The Labute approximate surface area is 125 Å². The lowest BCUT2D eigenvalue weighted by atomic mass is 10.0. The van der Waals surface area contributed by atoms with Gasteiger partial charge < -0.3 is 4.74 Å². The van der Waals surface area contributed by atoms with Gasteiger partial charge in [0.25, 0.3) is 20.2 Å². The summed E-state index contributed by atoms with van der Waals surface area (Å²) in [6.07, 6.45) is 1.85. The number of ether oxygens (including phenoxy) is 1. The van der Waals surface area contributed by atoms with Crippen LogP contribution in [0.5, 0.6) is 5.75 Å². The Morgan fingerprint density at radius 2 is 1.33 bits per heavy atom. The average molecular weight is 338 g/mol. The van der Waals surface area contributed by atoms with Gasteiger partial charge in [-0.25, -0.2) is 0 Å². The second-order valence-corrected chi connectivity index (χ2v) is 7.74. The highest BCUT2D eigenvalue weighted by Crippen LogP contribution is 2.21. The molecule has 0 aliphatic carbocycles. The summed E-state index contributed by atoms with van der Waals surface area (Å²) < 4.78 is 58.8.